The van der Waals surface area contributed by atoms with Crippen molar-refractivity contribution >= 4 is 22.9 Å². The van der Waals surface area contributed by atoms with E-state index in [0.717, 1.165) is 19.5 Å². The Morgan fingerprint density at radius 1 is 1.45 bits per heavy atom. The number of halogens is 1. The van der Waals surface area contributed by atoms with E-state index in [2.05, 4.69) is 9.88 Å². The molecule has 1 aliphatic rings. The molecular formula is C16H21ClN2O2S. The lowest BCUT2D eigenvalue weighted by molar-refractivity contribution is 0.0835. The summed E-state index contributed by atoms with van der Waals surface area (Å²) in [5, 5.41) is 10.4. The van der Waals surface area contributed by atoms with Crippen molar-refractivity contribution in [2.45, 2.75) is 50.8 Å². The van der Waals surface area contributed by atoms with Crippen molar-refractivity contribution < 1.29 is 9.52 Å². The van der Waals surface area contributed by atoms with E-state index in [4.69, 9.17) is 16.0 Å². The Balaban J connectivity index is 1.67. The zero-order chi connectivity index (χ0) is 15.4. The first kappa shape index (κ1) is 16.0. The number of furan rings is 1. The van der Waals surface area contributed by atoms with Gasteiger partial charge in [-0.3, -0.25) is 4.90 Å². The first-order chi connectivity index (χ1) is 10.7. The van der Waals surface area contributed by atoms with E-state index in [9.17, 15) is 5.11 Å². The van der Waals surface area contributed by atoms with Crippen LogP contribution in [0.2, 0.25) is 4.47 Å². The van der Waals surface area contributed by atoms with Gasteiger partial charge in [0.15, 0.2) is 4.47 Å². The van der Waals surface area contributed by atoms with E-state index >= 15 is 0 Å². The Morgan fingerprint density at radius 2 is 2.36 bits per heavy atom. The third-order valence-corrected chi connectivity index (χ3v) is 5.35. The van der Waals surface area contributed by atoms with Crippen LogP contribution in [0.3, 0.4) is 0 Å². The molecule has 0 aromatic carbocycles. The summed E-state index contributed by atoms with van der Waals surface area (Å²) in [5.74, 6) is 0.657. The molecule has 1 saturated heterocycles. The van der Waals surface area contributed by atoms with Crippen molar-refractivity contribution in [3.05, 3.63) is 39.7 Å². The minimum atomic E-state index is -0.536. The molecule has 0 saturated carbocycles. The Bertz CT molecular complexity index is 572. The number of thiazole rings is 1. The van der Waals surface area contributed by atoms with Crippen molar-refractivity contribution in [3.8, 4) is 0 Å². The molecule has 3 rings (SSSR count). The molecule has 0 amide bonds. The first-order valence-corrected chi connectivity index (χ1v) is 8.97. The Labute approximate surface area is 139 Å². The lowest BCUT2D eigenvalue weighted by Crippen LogP contribution is -2.35. The van der Waals surface area contributed by atoms with Gasteiger partial charge in [0.2, 0.25) is 0 Å². The maximum absolute atomic E-state index is 10.4. The summed E-state index contributed by atoms with van der Waals surface area (Å²) >= 11 is 7.47. The zero-order valence-electron chi connectivity index (χ0n) is 12.4. The maximum Gasteiger partial charge on any atom is 0.183 e. The second-order valence-corrected chi connectivity index (χ2v) is 7.52. The van der Waals surface area contributed by atoms with Crippen LogP contribution in [0.25, 0.3) is 0 Å². The molecule has 1 fully saturated rings. The fourth-order valence-corrected chi connectivity index (χ4v) is 4.13. The summed E-state index contributed by atoms with van der Waals surface area (Å²) in [5.41, 5.74) is 0. The number of hydrogen-bond acceptors (Lipinski definition) is 5. The summed E-state index contributed by atoms with van der Waals surface area (Å²) in [6.45, 7) is 1.92. The number of aliphatic hydroxyl groups excluding tert-OH is 1. The van der Waals surface area contributed by atoms with Gasteiger partial charge in [0.25, 0.3) is 0 Å². The third-order valence-electron chi connectivity index (χ3n) is 4.25. The van der Waals surface area contributed by atoms with E-state index in [1.54, 1.807) is 6.26 Å². The van der Waals surface area contributed by atoms with Gasteiger partial charge >= 0.3 is 0 Å². The second kappa shape index (κ2) is 7.59. The van der Waals surface area contributed by atoms with Gasteiger partial charge in [-0.2, -0.15) is 0 Å². The Morgan fingerprint density at radius 3 is 3.09 bits per heavy atom. The monoisotopic (exact) mass is 340 g/mol. The molecular weight excluding hydrogens is 320 g/mol. The molecule has 2 unspecified atom stereocenters. The van der Waals surface area contributed by atoms with Crippen LogP contribution < -0.4 is 0 Å². The minimum Gasteiger partial charge on any atom is -0.467 e. The van der Waals surface area contributed by atoms with Crippen molar-refractivity contribution in [1.29, 1.82) is 0 Å². The third kappa shape index (κ3) is 4.10. The van der Waals surface area contributed by atoms with Crippen LogP contribution in [0.1, 0.15) is 48.8 Å². The van der Waals surface area contributed by atoms with Gasteiger partial charge < -0.3 is 9.52 Å². The van der Waals surface area contributed by atoms with Gasteiger partial charge in [-0.05, 0) is 37.9 Å². The normalized spacial score (nSPS) is 21.6. The standard InChI is InChI=1S/C16H21ClN2O2S/c17-16-18-10-13(22-16)11-19-7-3-1-2-5-12(19)9-14(20)15-6-4-8-21-15/h4,6,8,10,12,14,20H,1-3,5,7,9,11H2. The number of likely N-dealkylation sites (tertiary alicyclic amines) is 1. The molecule has 4 nitrogen and oxygen atoms in total. The molecule has 1 aliphatic heterocycles. The highest BCUT2D eigenvalue weighted by atomic mass is 35.5. The summed E-state index contributed by atoms with van der Waals surface area (Å²) < 4.78 is 5.93. The molecule has 0 bridgehead atoms. The lowest BCUT2D eigenvalue weighted by atomic mass is 10.0. The van der Waals surface area contributed by atoms with Crippen molar-refractivity contribution in [2.75, 3.05) is 6.54 Å². The quantitative estimate of drug-likeness (QED) is 0.883. The fourth-order valence-electron chi connectivity index (χ4n) is 3.12. The number of hydrogen-bond donors (Lipinski definition) is 1. The largest absolute Gasteiger partial charge is 0.467 e. The SMILES string of the molecule is OC(CC1CCCCCN1Cc1cnc(Cl)s1)c1ccco1. The van der Waals surface area contributed by atoms with Crippen LogP contribution in [0.4, 0.5) is 0 Å². The van der Waals surface area contributed by atoms with Crippen LogP contribution in [0.5, 0.6) is 0 Å². The predicted octanol–water partition coefficient (Wildman–Crippen LogP) is 4.26. The molecule has 2 atom stereocenters. The van der Waals surface area contributed by atoms with Gasteiger partial charge in [-0.15, -0.1) is 11.3 Å². The predicted molar refractivity (Wildman–Crippen MR) is 88.1 cm³/mol. The van der Waals surface area contributed by atoms with Crippen LogP contribution in [-0.2, 0) is 6.54 Å². The van der Waals surface area contributed by atoms with Gasteiger partial charge in [-0.25, -0.2) is 4.98 Å². The first-order valence-electron chi connectivity index (χ1n) is 7.78. The van der Waals surface area contributed by atoms with Crippen LogP contribution in [-0.4, -0.2) is 27.6 Å². The van der Waals surface area contributed by atoms with Crippen molar-refractivity contribution in [2.24, 2.45) is 0 Å². The highest BCUT2D eigenvalue weighted by molar-refractivity contribution is 7.15. The van der Waals surface area contributed by atoms with Crippen LogP contribution in [0, 0.1) is 0 Å². The highest BCUT2D eigenvalue weighted by Crippen LogP contribution is 2.29. The molecule has 3 heterocycles. The number of nitrogens with zero attached hydrogens (tertiary/aromatic N) is 2. The Hall–Kier alpha value is -0.880. The molecule has 0 aliphatic carbocycles. The summed E-state index contributed by atoms with van der Waals surface area (Å²) in [7, 11) is 0. The fraction of sp³-hybridized carbons (Fsp3) is 0.562. The summed E-state index contributed by atoms with van der Waals surface area (Å²) in [6, 6.07) is 4.03. The highest BCUT2D eigenvalue weighted by Gasteiger charge is 2.25. The average Bonchev–Trinajstić information content (AvgIpc) is 3.12. The number of rotatable bonds is 5. The van der Waals surface area contributed by atoms with E-state index in [1.807, 2.05) is 18.3 Å². The smallest absolute Gasteiger partial charge is 0.183 e. The van der Waals surface area contributed by atoms with E-state index in [0.29, 0.717) is 22.7 Å². The molecule has 0 spiro atoms. The second-order valence-electron chi connectivity index (χ2n) is 5.82. The van der Waals surface area contributed by atoms with Crippen molar-refractivity contribution in [3.63, 3.8) is 0 Å². The summed E-state index contributed by atoms with van der Waals surface area (Å²) in [4.78, 5) is 7.77. The number of aromatic nitrogens is 1. The number of aliphatic hydroxyl groups is 1. The maximum atomic E-state index is 10.4. The van der Waals surface area contributed by atoms with E-state index in [-0.39, 0.29) is 0 Å². The molecule has 22 heavy (non-hydrogen) atoms. The van der Waals surface area contributed by atoms with Gasteiger partial charge in [-0.1, -0.05) is 24.4 Å². The van der Waals surface area contributed by atoms with Gasteiger partial charge in [0.1, 0.15) is 11.9 Å². The molecule has 0 radical (unpaired) electrons. The van der Waals surface area contributed by atoms with Crippen molar-refractivity contribution in [1.82, 2.24) is 9.88 Å². The summed E-state index contributed by atoms with van der Waals surface area (Å²) in [6.07, 6.45) is 8.44. The topological polar surface area (TPSA) is 49.5 Å². The Kier molecular flexibility index (Phi) is 5.52. The van der Waals surface area contributed by atoms with E-state index in [1.165, 1.54) is 35.5 Å². The molecule has 6 heteroatoms. The zero-order valence-corrected chi connectivity index (χ0v) is 14.0. The molecule has 2 aromatic rings. The minimum absolute atomic E-state index is 0.364. The van der Waals surface area contributed by atoms with Gasteiger partial charge in [0, 0.05) is 23.7 Å². The molecule has 1 N–H and O–H groups in total. The molecule has 2 aromatic heterocycles. The van der Waals surface area contributed by atoms with Crippen LogP contribution >= 0.6 is 22.9 Å². The lowest BCUT2D eigenvalue weighted by Gasteiger charge is -2.30. The van der Waals surface area contributed by atoms with Crippen LogP contribution in [0.15, 0.2) is 29.0 Å². The average molecular weight is 341 g/mol. The molecule has 120 valence electrons. The van der Waals surface area contributed by atoms with E-state index < -0.39 is 6.10 Å². The van der Waals surface area contributed by atoms with Gasteiger partial charge in [0.05, 0.1) is 6.26 Å².